The van der Waals surface area contributed by atoms with Gasteiger partial charge in [0.05, 0.1) is 11.3 Å². The molecule has 0 bridgehead atoms. The van der Waals surface area contributed by atoms with Crippen LogP contribution < -0.4 is 0 Å². The fraction of sp³-hybridized carbons (Fsp3) is 0.714. The highest BCUT2D eigenvalue weighted by atomic mass is 16.3. The van der Waals surface area contributed by atoms with E-state index in [2.05, 4.69) is 5.10 Å². The molecule has 1 fully saturated rings. The summed E-state index contributed by atoms with van der Waals surface area (Å²) in [6.07, 6.45) is 6.44. The second-order valence-electron chi connectivity index (χ2n) is 5.18. The maximum atomic E-state index is 12.7. The van der Waals surface area contributed by atoms with E-state index in [0.717, 1.165) is 43.5 Å². The van der Waals surface area contributed by atoms with E-state index in [9.17, 15) is 4.79 Å². The summed E-state index contributed by atoms with van der Waals surface area (Å²) in [5, 5.41) is 13.5. The summed E-state index contributed by atoms with van der Waals surface area (Å²) in [5.74, 6) is 0.0723. The maximum absolute atomic E-state index is 12.7. The lowest BCUT2D eigenvalue weighted by Gasteiger charge is -2.35. The molecule has 0 saturated carbocycles. The number of amides is 1. The van der Waals surface area contributed by atoms with Gasteiger partial charge in [-0.15, -0.1) is 0 Å². The van der Waals surface area contributed by atoms with Gasteiger partial charge in [-0.1, -0.05) is 6.92 Å². The largest absolute Gasteiger partial charge is 0.396 e. The summed E-state index contributed by atoms with van der Waals surface area (Å²) in [4.78, 5) is 14.6. The summed E-state index contributed by atoms with van der Waals surface area (Å²) in [5.41, 5.74) is 1.58. The van der Waals surface area contributed by atoms with Crippen molar-refractivity contribution in [1.29, 1.82) is 0 Å². The number of hydrogen-bond acceptors (Lipinski definition) is 3. The summed E-state index contributed by atoms with van der Waals surface area (Å²) >= 11 is 0. The Morgan fingerprint density at radius 1 is 1.53 bits per heavy atom. The van der Waals surface area contributed by atoms with Crippen molar-refractivity contribution < 1.29 is 9.90 Å². The van der Waals surface area contributed by atoms with Crippen molar-refractivity contribution in [2.24, 2.45) is 7.05 Å². The smallest absolute Gasteiger partial charge is 0.257 e. The summed E-state index contributed by atoms with van der Waals surface area (Å²) in [7, 11) is 1.84. The Morgan fingerprint density at radius 3 is 3.00 bits per heavy atom. The molecule has 1 amide bonds. The summed E-state index contributed by atoms with van der Waals surface area (Å²) < 4.78 is 1.71. The molecule has 5 nitrogen and oxygen atoms in total. The topological polar surface area (TPSA) is 58.4 Å². The Balaban J connectivity index is 2.20. The molecule has 2 heterocycles. The van der Waals surface area contributed by atoms with Crippen LogP contribution in [0.25, 0.3) is 0 Å². The molecule has 5 heteroatoms. The number of aromatic nitrogens is 2. The van der Waals surface area contributed by atoms with Gasteiger partial charge < -0.3 is 10.0 Å². The molecule has 1 aliphatic heterocycles. The highest BCUT2D eigenvalue weighted by Crippen LogP contribution is 2.22. The predicted octanol–water partition coefficient (Wildman–Crippen LogP) is 1.36. The molecule has 1 saturated heterocycles. The van der Waals surface area contributed by atoms with Gasteiger partial charge in [0.15, 0.2) is 0 Å². The van der Waals surface area contributed by atoms with Gasteiger partial charge in [0.2, 0.25) is 0 Å². The van der Waals surface area contributed by atoms with E-state index in [0.29, 0.717) is 6.42 Å². The fourth-order valence-electron chi connectivity index (χ4n) is 2.85. The SMILES string of the molecule is CCc1nn(C)cc1C(=O)N1CCCCC1CCO. The van der Waals surface area contributed by atoms with Crippen LogP contribution in [0.4, 0.5) is 0 Å². The second-order valence-corrected chi connectivity index (χ2v) is 5.18. The average Bonchev–Trinajstić information content (AvgIpc) is 2.80. The van der Waals surface area contributed by atoms with Gasteiger partial charge in [-0.3, -0.25) is 9.48 Å². The lowest BCUT2D eigenvalue weighted by molar-refractivity contribution is 0.0573. The highest BCUT2D eigenvalue weighted by molar-refractivity contribution is 5.95. The van der Waals surface area contributed by atoms with Crippen LogP contribution in [-0.4, -0.2) is 44.9 Å². The van der Waals surface area contributed by atoms with Crippen LogP contribution >= 0.6 is 0 Å². The van der Waals surface area contributed by atoms with Crippen molar-refractivity contribution in [3.63, 3.8) is 0 Å². The zero-order valence-electron chi connectivity index (χ0n) is 11.8. The molecule has 0 spiro atoms. The third-order valence-electron chi connectivity index (χ3n) is 3.82. The normalized spacial score (nSPS) is 19.7. The number of aliphatic hydroxyl groups is 1. The van der Waals surface area contributed by atoms with Crippen molar-refractivity contribution in [2.45, 2.75) is 45.1 Å². The van der Waals surface area contributed by atoms with Crippen molar-refractivity contribution >= 4 is 5.91 Å². The first-order chi connectivity index (χ1) is 9.17. The van der Waals surface area contributed by atoms with Crippen molar-refractivity contribution in [3.05, 3.63) is 17.5 Å². The van der Waals surface area contributed by atoms with Gasteiger partial charge in [0.1, 0.15) is 0 Å². The second kappa shape index (κ2) is 6.19. The summed E-state index contributed by atoms with van der Waals surface area (Å²) in [6, 6.07) is 0.177. The Labute approximate surface area is 114 Å². The van der Waals surface area contributed by atoms with Crippen molar-refractivity contribution in [1.82, 2.24) is 14.7 Å². The lowest BCUT2D eigenvalue weighted by Crippen LogP contribution is -2.44. The molecule has 1 aromatic heterocycles. The molecule has 2 rings (SSSR count). The first-order valence-corrected chi connectivity index (χ1v) is 7.11. The zero-order chi connectivity index (χ0) is 13.8. The number of aryl methyl sites for hydroxylation is 2. The van der Waals surface area contributed by atoms with Gasteiger partial charge in [-0.05, 0) is 32.1 Å². The third-order valence-corrected chi connectivity index (χ3v) is 3.82. The molecular weight excluding hydrogens is 242 g/mol. The van der Waals surface area contributed by atoms with Crippen LogP contribution in [-0.2, 0) is 13.5 Å². The van der Waals surface area contributed by atoms with E-state index in [4.69, 9.17) is 5.11 Å². The molecule has 1 aromatic rings. The molecular formula is C14H23N3O2. The Morgan fingerprint density at radius 2 is 2.32 bits per heavy atom. The first kappa shape index (κ1) is 14.1. The molecule has 0 radical (unpaired) electrons. The third kappa shape index (κ3) is 2.97. The first-order valence-electron chi connectivity index (χ1n) is 7.11. The molecule has 106 valence electrons. The van der Waals surface area contributed by atoms with Crippen LogP contribution in [0.15, 0.2) is 6.20 Å². The molecule has 1 N–H and O–H groups in total. The molecule has 1 unspecified atom stereocenters. The van der Waals surface area contributed by atoms with Crippen LogP contribution in [0.5, 0.6) is 0 Å². The highest BCUT2D eigenvalue weighted by Gasteiger charge is 2.29. The van der Waals surface area contributed by atoms with E-state index in [1.807, 2.05) is 25.1 Å². The van der Waals surface area contributed by atoms with Crippen LogP contribution in [0.3, 0.4) is 0 Å². The monoisotopic (exact) mass is 265 g/mol. The number of aliphatic hydroxyl groups excluding tert-OH is 1. The maximum Gasteiger partial charge on any atom is 0.257 e. The Bertz CT molecular complexity index is 440. The number of likely N-dealkylation sites (tertiary alicyclic amines) is 1. The zero-order valence-corrected chi connectivity index (χ0v) is 11.8. The minimum Gasteiger partial charge on any atom is -0.396 e. The quantitative estimate of drug-likeness (QED) is 0.894. The lowest BCUT2D eigenvalue weighted by atomic mass is 9.98. The van der Waals surface area contributed by atoms with Crippen LogP contribution in [0.1, 0.15) is 48.7 Å². The number of piperidine rings is 1. The number of rotatable bonds is 4. The van der Waals surface area contributed by atoms with E-state index < -0.39 is 0 Å². The number of nitrogens with zero attached hydrogens (tertiary/aromatic N) is 3. The standard InChI is InChI=1S/C14H23N3O2/c1-3-13-12(10-16(2)15-13)14(19)17-8-5-4-6-11(17)7-9-18/h10-11,18H,3-9H2,1-2H3. The Hall–Kier alpha value is -1.36. The number of carbonyl (C=O) groups excluding carboxylic acids is 1. The van der Waals surface area contributed by atoms with Crippen molar-refractivity contribution in [3.8, 4) is 0 Å². The van der Waals surface area contributed by atoms with Crippen molar-refractivity contribution in [2.75, 3.05) is 13.2 Å². The summed E-state index contributed by atoms with van der Waals surface area (Å²) in [6.45, 7) is 2.95. The van der Waals surface area contributed by atoms with Gasteiger partial charge in [0.25, 0.3) is 5.91 Å². The Kier molecular flexibility index (Phi) is 4.58. The van der Waals surface area contributed by atoms with E-state index in [1.54, 1.807) is 4.68 Å². The number of hydrogen-bond donors (Lipinski definition) is 1. The minimum absolute atomic E-state index is 0.0723. The van der Waals surface area contributed by atoms with E-state index >= 15 is 0 Å². The predicted molar refractivity (Wildman–Crippen MR) is 73.0 cm³/mol. The van der Waals surface area contributed by atoms with E-state index in [1.165, 1.54) is 0 Å². The van der Waals surface area contributed by atoms with E-state index in [-0.39, 0.29) is 18.6 Å². The van der Waals surface area contributed by atoms with Gasteiger partial charge in [0, 0.05) is 32.4 Å². The molecule has 19 heavy (non-hydrogen) atoms. The number of carbonyl (C=O) groups is 1. The molecule has 0 aromatic carbocycles. The van der Waals surface area contributed by atoms with Gasteiger partial charge >= 0.3 is 0 Å². The average molecular weight is 265 g/mol. The molecule has 1 aliphatic rings. The molecule has 1 atom stereocenters. The van der Waals surface area contributed by atoms with Crippen LogP contribution in [0, 0.1) is 0 Å². The fourth-order valence-corrected chi connectivity index (χ4v) is 2.85. The van der Waals surface area contributed by atoms with Gasteiger partial charge in [-0.2, -0.15) is 5.10 Å². The minimum atomic E-state index is 0.0723. The molecule has 0 aliphatic carbocycles. The van der Waals surface area contributed by atoms with Crippen LogP contribution in [0.2, 0.25) is 0 Å². The van der Waals surface area contributed by atoms with Gasteiger partial charge in [-0.25, -0.2) is 0 Å².